The normalized spacial score (nSPS) is 27.1. The second-order valence-electron chi connectivity index (χ2n) is 7.81. The van der Waals surface area contributed by atoms with Gasteiger partial charge in [0.15, 0.2) is 11.5 Å². The number of aliphatic hydroxyl groups is 2. The predicted octanol–water partition coefficient (Wildman–Crippen LogP) is 3.67. The summed E-state index contributed by atoms with van der Waals surface area (Å²) in [5, 5.41) is 19.7. The van der Waals surface area contributed by atoms with E-state index < -0.39 is 5.60 Å². The minimum atomic E-state index is -0.854. The number of rotatable bonds is 4. The Labute approximate surface area is 144 Å². The van der Waals surface area contributed by atoms with E-state index in [0.29, 0.717) is 11.1 Å². The second-order valence-corrected chi connectivity index (χ2v) is 7.81. The first-order valence-electron chi connectivity index (χ1n) is 8.68. The molecule has 4 heteroatoms. The third-order valence-electron chi connectivity index (χ3n) is 5.19. The van der Waals surface area contributed by atoms with Crippen molar-refractivity contribution in [1.29, 1.82) is 0 Å². The van der Waals surface area contributed by atoms with Gasteiger partial charge in [-0.05, 0) is 57.8 Å². The van der Waals surface area contributed by atoms with Crippen LogP contribution in [0.3, 0.4) is 0 Å². The first-order chi connectivity index (χ1) is 11.0. The summed E-state index contributed by atoms with van der Waals surface area (Å²) >= 11 is 0. The number of carbonyl (C=O) groups is 2. The molecule has 2 aliphatic rings. The Morgan fingerprint density at radius 1 is 1.21 bits per heavy atom. The van der Waals surface area contributed by atoms with E-state index in [1.165, 1.54) is 6.92 Å². The standard InChI is InChI=1S/C20H28O4/c1-11(7-6-10-20(4,5)24)14-9-8-12(2)15-16(14)17(21)13(3)18(22)19(15)23/h6,10-12,14,22,24H,7-9H2,1-5H3/b10-6+/t11-,12-,14+/m0/s1. The summed E-state index contributed by atoms with van der Waals surface area (Å²) in [7, 11) is 0. The quantitative estimate of drug-likeness (QED) is 0.608. The molecule has 0 aromatic heterocycles. The van der Waals surface area contributed by atoms with E-state index in [4.69, 9.17) is 0 Å². The van der Waals surface area contributed by atoms with E-state index in [9.17, 15) is 19.8 Å². The number of aliphatic hydroxyl groups excluding tert-OH is 1. The van der Waals surface area contributed by atoms with E-state index in [1.807, 2.05) is 13.0 Å². The molecule has 0 saturated carbocycles. The molecule has 0 bridgehead atoms. The van der Waals surface area contributed by atoms with Gasteiger partial charge in [-0.3, -0.25) is 9.59 Å². The summed E-state index contributed by atoms with van der Waals surface area (Å²) < 4.78 is 0. The number of allylic oxidation sites excluding steroid dienone is 4. The fraction of sp³-hybridized carbons (Fsp3) is 0.600. The lowest BCUT2D eigenvalue weighted by atomic mass is 9.66. The fourth-order valence-electron chi connectivity index (χ4n) is 3.73. The molecule has 0 unspecified atom stereocenters. The Morgan fingerprint density at radius 2 is 1.83 bits per heavy atom. The maximum atomic E-state index is 12.7. The van der Waals surface area contributed by atoms with Gasteiger partial charge in [-0.15, -0.1) is 0 Å². The molecule has 3 atom stereocenters. The maximum absolute atomic E-state index is 12.7. The van der Waals surface area contributed by atoms with Crippen molar-refractivity contribution in [3.63, 3.8) is 0 Å². The van der Waals surface area contributed by atoms with Crippen molar-refractivity contribution in [3.8, 4) is 0 Å². The largest absolute Gasteiger partial charge is 0.504 e. The van der Waals surface area contributed by atoms with E-state index >= 15 is 0 Å². The molecule has 0 aliphatic heterocycles. The average Bonchev–Trinajstić information content (AvgIpc) is 2.49. The zero-order valence-electron chi connectivity index (χ0n) is 15.2. The van der Waals surface area contributed by atoms with Crippen LogP contribution in [0.5, 0.6) is 0 Å². The van der Waals surface area contributed by atoms with Crippen LogP contribution in [-0.4, -0.2) is 27.4 Å². The van der Waals surface area contributed by atoms with Crippen molar-refractivity contribution in [1.82, 2.24) is 0 Å². The molecule has 132 valence electrons. The lowest BCUT2D eigenvalue weighted by molar-refractivity contribution is -0.119. The van der Waals surface area contributed by atoms with Gasteiger partial charge in [0, 0.05) is 16.7 Å². The molecule has 0 aromatic rings. The predicted molar refractivity (Wildman–Crippen MR) is 93.5 cm³/mol. The van der Waals surface area contributed by atoms with Crippen molar-refractivity contribution >= 4 is 11.6 Å². The summed E-state index contributed by atoms with van der Waals surface area (Å²) in [6, 6.07) is 0. The lowest BCUT2D eigenvalue weighted by Crippen LogP contribution is -2.35. The zero-order chi connectivity index (χ0) is 18.2. The molecule has 0 aromatic carbocycles. The van der Waals surface area contributed by atoms with E-state index in [1.54, 1.807) is 19.9 Å². The first kappa shape index (κ1) is 18.7. The van der Waals surface area contributed by atoms with Crippen molar-refractivity contribution in [3.05, 3.63) is 34.6 Å². The van der Waals surface area contributed by atoms with Crippen molar-refractivity contribution in [2.75, 3.05) is 0 Å². The Kier molecular flexibility index (Phi) is 5.19. The topological polar surface area (TPSA) is 74.6 Å². The van der Waals surface area contributed by atoms with Crippen LogP contribution >= 0.6 is 0 Å². The molecule has 0 amide bonds. The summed E-state index contributed by atoms with van der Waals surface area (Å²) in [5.74, 6) is -0.744. The highest BCUT2D eigenvalue weighted by molar-refractivity contribution is 6.24. The Hall–Kier alpha value is -1.68. The van der Waals surface area contributed by atoms with Crippen molar-refractivity contribution in [2.45, 2.75) is 59.5 Å². The zero-order valence-corrected chi connectivity index (χ0v) is 15.2. The smallest absolute Gasteiger partial charge is 0.224 e. The SMILES string of the molecule is CC1=C(O)C(=O)C2=C(C1=O)[C@@H]([C@@H](C)C/C=C/C(C)(C)O)CC[C@@H]2C. The highest BCUT2D eigenvalue weighted by Crippen LogP contribution is 2.43. The first-order valence-corrected chi connectivity index (χ1v) is 8.68. The van der Waals surface area contributed by atoms with Crippen LogP contribution in [0.15, 0.2) is 34.6 Å². The van der Waals surface area contributed by atoms with Crippen LogP contribution in [0.4, 0.5) is 0 Å². The van der Waals surface area contributed by atoms with Gasteiger partial charge in [-0.2, -0.15) is 0 Å². The van der Waals surface area contributed by atoms with Gasteiger partial charge >= 0.3 is 0 Å². The van der Waals surface area contributed by atoms with Gasteiger partial charge in [0.05, 0.1) is 5.60 Å². The van der Waals surface area contributed by atoms with Gasteiger partial charge in [-0.1, -0.05) is 26.0 Å². The second kappa shape index (κ2) is 6.67. The Balaban J connectivity index is 2.32. The van der Waals surface area contributed by atoms with Gasteiger partial charge in [-0.25, -0.2) is 0 Å². The molecule has 2 aliphatic carbocycles. The average molecular weight is 332 g/mol. The Morgan fingerprint density at radius 3 is 2.42 bits per heavy atom. The number of carbonyl (C=O) groups excluding carboxylic acids is 2. The van der Waals surface area contributed by atoms with Crippen molar-refractivity contribution in [2.24, 2.45) is 17.8 Å². The molecule has 2 N–H and O–H groups in total. The molecule has 0 fully saturated rings. The number of ketones is 2. The number of Topliss-reactive ketones (excluding diaryl/α,β-unsaturated/α-hetero) is 2. The van der Waals surface area contributed by atoms with Crippen LogP contribution in [0.1, 0.15) is 53.9 Å². The van der Waals surface area contributed by atoms with E-state index in [-0.39, 0.29) is 40.7 Å². The van der Waals surface area contributed by atoms with Gasteiger partial charge in [0.25, 0.3) is 0 Å². The molecule has 4 nitrogen and oxygen atoms in total. The molecule has 0 heterocycles. The molecule has 0 saturated heterocycles. The molecule has 0 radical (unpaired) electrons. The minimum absolute atomic E-state index is 0.00191. The van der Waals surface area contributed by atoms with Gasteiger partial charge in [0.2, 0.25) is 5.78 Å². The Bertz CT molecular complexity index is 643. The van der Waals surface area contributed by atoms with Crippen LogP contribution < -0.4 is 0 Å². The van der Waals surface area contributed by atoms with Crippen LogP contribution in [0, 0.1) is 17.8 Å². The van der Waals surface area contributed by atoms with Gasteiger partial charge in [0.1, 0.15) is 0 Å². The number of hydrogen-bond acceptors (Lipinski definition) is 4. The highest BCUT2D eigenvalue weighted by Gasteiger charge is 2.42. The molecule has 2 rings (SSSR count). The van der Waals surface area contributed by atoms with E-state index in [2.05, 4.69) is 6.92 Å². The monoisotopic (exact) mass is 332 g/mol. The lowest BCUT2D eigenvalue weighted by Gasteiger charge is -2.36. The summed E-state index contributed by atoms with van der Waals surface area (Å²) in [4.78, 5) is 25.2. The third kappa shape index (κ3) is 3.54. The van der Waals surface area contributed by atoms with E-state index in [0.717, 1.165) is 19.3 Å². The third-order valence-corrected chi connectivity index (χ3v) is 5.19. The fourth-order valence-corrected chi connectivity index (χ4v) is 3.73. The highest BCUT2D eigenvalue weighted by atomic mass is 16.3. The molecule has 24 heavy (non-hydrogen) atoms. The number of hydrogen-bond donors (Lipinski definition) is 2. The minimum Gasteiger partial charge on any atom is -0.504 e. The molecular weight excluding hydrogens is 304 g/mol. The summed E-state index contributed by atoms with van der Waals surface area (Å²) in [6.07, 6.45) is 6.14. The maximum Gasteiger partial charge on any atom is 0.224 e. The molecular formula is C20H28O4. The van der Waals surface area contributed by atoms with Gasteiger partial charge < -0.3 is 10.2 Å². The van der Waals surface area contributed by atoms with Crippen molar-refractivity contribution < 1.29 is 19.8 Å². The summed E-state index contributed by atoms with van der Waals surface area (Å²) in [5.41, 5.74) is 0.431. The van der Waals surface area contributed by atoms with Crippen LogP contribution in [-0.2, 0) is 9.59 Å². The summed E-state index contributed by atoms with van der Waals surface area (Å²) in [6.45, 7) is 8.98. The van der Waals surface area contributed by atoms with Crippen LogP contribution in [0.2, 0.25) is 0 Å². The van der Waals surface area contributed by atoms with Crippen LogP contribution in [0.25, 0.3) is 0 Å². The molecule has 0 spiro atoms.